The lowest BCUT2D eigenvalue weighted by atomic mass is 10.0. The monoisotopic (exact) mass is 301 g/mol. The quantitative estimate of drug-likeness (QED) is 0.884. The van der Waals surface area contributed by atoms with E-state index in [0.717, 1.165) is 0 Å². The second kappa shape index (κ2) is 7.53. The van der Waals surface area contributed by atoms with Crippen molar-refractivity contribution in [1.29, 1.82) is 0 Å². The average Bonchev–Trinajstić information content (AvgIpc) is 2.48. The van der Waals surface area contributed by atoms with Gasteiger partial charge in [0, 0.05) is 28.3 Å². The Bertz CT molecular complexity index is 624. The number of hydrogen-bond donors (Lipinski definition) is 1. The Hall–Kier alpha value is -1.45. The van der Waals surface area contributed by atoms with Crippen LogP contribution in [0.2, 0.25) is 0 Å². The second-order valence-electron chi connectivity index (χ2n) is 5.38. The van der Waals surface area contributed by atoms with Gasteiger partial charge in [-0.2, -0.15) is 0 Å². The Morgan fingerprint density at radius 3 is 2.24 bits per heavy atom. The van der Waals surface area contributed by atoms with Gasteiger partial charge in [-0.25, -0.2) is 0 Å². The normalized spacial score (nSPS) is 13.9. The van der Waals surface area contributed by atoms with Crippen LogP contribution in [0.15, 0.2) is 48.5 Å². The highest BCUT2D eigenvalue weighted by molar-refractivity contribution is 7.84. The van der Waals surface area contributed by atoms with Crippen LogP contribution in [0.3, 0.4) is 0 Å². The molecule has 0 aliphatic carbocycles. The van der Waals surface area contributed by atoms with Crippen LogP contribution in [0.4, 0.5) is 0 Å². The first-order valence-corrected chi connectivity index (χ1v) is 8.73. The number of hydrogen-bond acceptors (Lipinski definition) is 2. The largest absolute Gasteiger partial charge is 0.312 e. The van der Waals surface area contributed by atoms with Gasteiger partial charge in [0.2, 0.25) is 0 Å². The van der Waals surface area contributed by atoms with Gasteiger partial charge in [-0.3, -0.25) is 4.21 Å². The first kappa shape index (κ1) is 15.9. The van der Waals surface area contributed by atoms with E-state index in [1.807, 2.05) is 31.3 Å². The van der Waals surface area contributed by atoms with Gasteiger partial charge in [-0.05, 0) is 43.1 Å². The topological polar surface area (TPSA) is 29.1 Å². The van der Waals surface area contributed by atoms with Crippen molar-refractivity contribution in [3.05, 3.63) is 70.8 Å². The summed E-state index contributed by atoms with van der Waals surface area (Å²) in [5, 5.41) is 3.30. The van der Waals surface area contributed by atoms with Crippen LogP contribution in [-0.2, 0) is 16.6 Å². The molecule has 2 rings (SSSR count). The van der Waals surface area contributed by atoms with Crippen molar-refractivity contribution in [3.8, 4) is 0 Å². The smallest absolute Gasteiger partial charge is 0.0489 e. The predicted molar refractivity (Wildman–Crippen MR) is 90.9 cm³/mol. The Morgan fingerprint density at radius 1 is 1.00 bits per heavy atom. The summed E-state index contributed by atoms with van der Waals surface area (Å²) in [6.07, 6.45) is 0. The molecule has 0 aliphatic rings. The van der Waals surface area contributed by atoms with E-state index in [1.54, 1.807) is 0 Å². The lowest BCUT2D eigenvalue weighted by molar-refractivity contribution is 0.633. The van der Waals surface area contributed by atoms with Gasteiger partial charge < -0.3 is 5.32 Å². The molecule has 1 N–H and O–H groups in total. The van der Waals surface area contributed by atoms with E-state index in [2.05, 4.69) is 43.4 Å². The Labute approximate surface area is 130 Å². The van der Waals surface area contributed by atoms with Crippen LogP contribution in [0, 0.1) is 13.8 Å². The molecule has 0 radical (unpaired) electrons. The molecule has 0 bridgehead atoms. The van der Waals surface area contributed by atoms with Gasteiger partial charge in [-0.1, -0.05) is 48.5 Å². The molecular weight excluding hydrogens is 278 g/mol. The maximum Gasteiger partial charge on any atom is 0.0489 e. The van der Waals surface area contributed by atoms with Crippen LogP contribution in [0.5, 0.6) is 0 Å². The van der Waals surface area contributed by atoms with E-state index in [9.17, 15) is 4.21 Å². The summed E-state index contributed by atoms with van der Waals surface area (Å²) < 4.78 is 12.5. The van der Waals surface area contributed by atoms with Gasteiger partial charge >= 0.3 is 0 Å². The highest BCUT2D eigenvalue weighted by atomic mass is 32.2. The number of aryl methyl sites for hydroxylation is 2. The molecule has 0 fully saturated rings. The lowest BCUT2D eigenvalue weighted by Crippen LogP contribution is -2.24. The Morgan fingerprint density at radius 2 is 1.62 bits per heavy atom. The minimum absolute atomic E-state index is 0.135. The summed E-state index contributed by atoms with van der Waals surface area (Å²) in [6, 6.07) is 16.6. The molecule has 2 aromatic rings. The van der Waals surface area contributed by atoms with E-state index in [-0.39, 0.29) is 6.04 Å². The first-order chi connectivity index (χ1) is 10.1. The van der Waals surface area contributed by atoms with E-state index in [0.29, 0.717) is 11.5 Å². The van der Waals surface area contributed by atoms with Gasteiger partial charge in [0.15, 0.2) is 0 Å². The van der Waals surface area contributed by atoms with Crippen molar-refractivity contribution in [2.75, 3.05) is 12.8 Å². The van der Waals surface area contributed by atoms with Crippen molar-refractivity contribution in [3.63, 3.8) is 0 Å². The van der Waals surface area contributed by atoms with Crippen LogP contribution < -0.4 is 5.32 Å². The summed E-state index contributed by atoms with van der Waals surface area (Å²) in [4.78, 5) is 0. The predicted octanol–water partition coefficient (Wildman–Crippen LogP) is 3.51. The van der Waals surface area contributed by atoms with Crippen LogP contribution in [0.1, 0.15) is 28.3 Å². The van der Waals surface area contributed by atoms with Crippen molar-refractivity contribution in [2.45, 2.75) is 25.6 Å². The zero-order valence-electron chi connectivity index (χ0n) is 12.9. The fourth-order valence-electron chi connectivity index (χ4n) is 2.50. The molecule has 0 amide bonds. The third kappa shape index (κ3) is 4.26. The van der Waals surface area contributed by atoms with E-state index >= 15 is 0 Å². The van der Waals surface area contributed by atoms with Crippen molar-refractivity contribution in [2.24, 2.45) is 0 Å². The van der Waals surface area contributed by atoms with E-state index < -0.39 is 10.8 Å². The van der Waals surface area contributed by atoms with Gasteiger partial charge in [0.1, 0.15) is 0 Å². The van der Waals surface area contributed by atoms with E-state index in [1.165, 1.54) is 22.3 Å². The molecule has 0 saturated carbocycles. The van der Waals surface area contributed by atoms with Crippen molar-refractivity contribution >= 4 is 10.8 Å². The number of benzene rings is 2. The highest BCUT2D eigenvalue weighted by Crippen LogP contribution is 2.19. The molecule has 112 valence electrons. The molecule has 2 unspecified atom stereocenters. The number of rotatable bonds is 6. The molecule has 0 aliphatic heterocycles. The van der Waals surface area contributed by atoms with E-state index in [4.69, 9.17) is 0 Å². The van der Waals surface area contributed by atoms with Crippen LogP contribution in [0.25, 0.3) is 0 Å². The van der Waals surface area contributed by atoms with Crippen molar-refractivity contribution < 1.29 is 4.21 Å². The summed E-state index contributed by atoms with van der Waals surface area (Å²) in [5.41, 5.74) is 4.86. The lowest BCUT2D eigenvalue weighted by Gasteiger charge is -2.18. The molecule has 21 heavy (non-hydrogen) atoms. The molecule has 0 spiro atoms. The minimum Gasteiger partial charge on any atom is -0.312 e. The van der Waals surface area contributed by atoms with Gasteiger partial charge in [-0.15, -0.1) is 0 Å². The first-order valence-electron chi connectivity index (χ1n) is 7.24. The molecule has 0 heterocycles. The Balaban J connectivity index is 2.07. The SMILES string of the molecule is CNC(CS(=O)Cc1ccccc1C)c1ccccc1C. The Kier molecular flexibility index (Phi) is 5.71. The molecule has 0 aromatic heterocycles. The zero-order chi connectivity index (χ0) is 15.2. The van der Waals surface area contributed by atoms with Gasteiger partial charge in [0.25, 0.3) is 0 Å². The molecular formula is C18H23NOS. The third-order valence-corrected chi connectivity index (χ3v) is 5.18. The van der Waals surface area contributed by atoms with Crippen LogP contribution >= 0.6 is 0 Å². The molecule has 3 heteroatoms. The minimum atomic E-state index is -0.882. The van der Waals surface area contributed by atoms with Crippen LogP contribution in [-0.4, -0.2) is 17.0 Å². The van der Waals surface area contributed by atoms with Crippen molar-refractivity contribution in [1.82, 2.24) is 5.32 Å². The summed E-state index contributed by atoms with van der Waals surface area (Å²) in [5.74, 6) is 1.26. The molecule has 0 saturated heterocycles. The average molecular weight is 301 g/mol. The maximum absolute atomic E-state index is 12.5. The maximum atomic E-state index is 12.5. The molecule has 2 nitrogen and oxygen atoms in total. The number of nitrogens with one attached hydrogen (secondary N) is 1. The standard InChI is InChI=1S/C18H23NOS/c1-14-8-4-6-10-16(14)12-21(20)13-18(19-3)17-11-7-5-9-15(17)2/h4-11,18-19H,12-13H2,1-3H3. The third-order valence-electron chi connectivity index (χ3n) is 3.84. The highest BCUT2D eigenvalue weighted by Gasteiger charge is 2.15. The van der Waals surface area contributed by atoms with Gasteiger partial charge in [0.05, 0.1) is 0 Å². The fourth-order valence-corrected chi connectivity index (χ4v) is 4.00. The summed E-state index contributed by atoms with van der Waals surface area (Å²) >= 11 is 0. The zero-order valence-corrected chi connectivity index (χ0v) is 13.7. The molecule has 2 aromatic carbocycles. The second-order valence-corrected chi connectivity index (χ2v) is 6.88. The molecule has 2 atom stereocenters. The fraction of sp³-hybridized carbons (Fsp3) is 0.333. The summed E-state index contributed by atoms with van der Waals surface area (Å²) in [7, 11) is 1.05. The summed E-state index contributed by atoms with van der Waals surface area (Å²) in [6.45, 7) is 4.17.